The van der Waals surface area contributed by atoms with E-state index in [0.29, 0.717) is 11.4 Å². The molecule has 0 saturated heterocycles. The van der Waals surface area contributed by atoms with Crippen molar-refractivity contribution in [2.24, 2.45) is 0 Å². The molecule has 0 radical (unpaired) electrons. The van der Waals surface area contributed by atoms with Crippen molar-refractivity contribution in [2.75, 3.05) is 5.32 Å². The molecule has 1 N–H and O–H groups in total. The molecule has 0 bridgehead atoms. The molecule has 1 amide bonds. The van der Waals surface area contributed by atoms with Crippen molar-refractivity contribution >= 4 is 11.6 Å². The van der Waals surface area contributed by atoms with Crippen LogP contribution in [-0.2, 0) is 0 Å². The smallest absolute Gasteiger partial charge is 0.294 e. The molecule has 4 aromatic rings. The summed E-state index contributed by atoms with van der Waals surface area (Å²) in [6, 6.07) is 18.9. The van der Waals surface area contributed by atoms with Gasteiger partial charge in [-0.3, -0.25) is 4.79 Å². The molecule has 2 aromatic heterocycles. The van der Waals surface area contributed by atoms with Crippen LogP contribution in [0.1, 0.15) is 21.8 Å². The van der Waals surface area contributed by atoms with E-state index >= 15 is 0 Å². The molecule has 0 atom stereocenters. The zero-order valence-corrected chi connectivity index (χ0v) is 15.0. The van der Waals surface area contributed by atoms with Gasteiger partial charge in [0.15, 0.2) is 0 Å². The van der Waals surface area contributed by atoms with Crippen molar-refractivity contribution in [3.8, 4) is 16.9 Å². The minimum absolute atomic E-state index is 0.159. The number of nitrogens with one attached hydrogen (secondary N) is 1. The summed E-state index contributed by atoms with van der Waals surface area (Å²) in [5.74, 6) is -0.193. The molecule has 2 heterocycles. The van der Waals surface area contributed by atoms with E-state index in [-0.39, 0.29) is 11.7 Å². The number of benzene rings is 2. The molecule has 6 heteroatoms. The van der Waals surface area contributed by atoms with Gasteiger partial charge in [-0.2, -0.15) is 5.10 Å². The third-order valence-electron chi connectivity index (χ3n) is 4.26. The van der Waals surface area contributed by atoms with Crippen LogP contribution in [0.2, 0.25) is 0 Å². The van der Waals surface area contributed by atoms with E-state index in [1.807, 2.05) is 68.4 Å². The first-order chi connectivity index (χ1) is 13.1. The van der Waals surface area contributed by atoms with Crippen LogP contribution in [0.5, 0.6) is 0 Å². The van der Waals surface area contributed by atoms with Gasteiger partial charge < -0.3 is 9.84 Å². The lowest BCUT2D eigenvalue weighted by atomic mass is 10.1. The summed E-state index contributed by atoms with van der Waals surface area (Å²) >= 11 is 0. The number of hydrogen-bond donors (Lipinski definition) is 1. The fraction of sp³-hybridized carbons (Fsp3) is 0.0952. The number of carbonyl (C=O) groups is 1. The minimum atomic E-state index is -0.352. The monoisotopic (exact) mass is 358 g/mol. The summed E-state index contributed by atoms with van der Waals surface area (Å²) in [7, 11) is 0. The predicted molar refractivity (Wildman–Crippen MR) is 103 cm³/mol. The van der Waals surface area contributed by atoms with E-state index in [2.05, 4.69) is 15.6 Å². The number of hydrogen-bond acceptors (Lipinski definition) is 4. The Morgan fingerprint density at radius 3 is 2.59 bits per heavy atom. The zero-order valence-electron chi connectivity index (χ0n) is 15.0. The summed E-state index contributed by atoms with van der Waals surface area (Å²) < 4.78 is 7.03. The van der Waals surface area contributed by atoms with Gasteiger partial charge in [0.25, 0.3) is 5.91 Å². The highest BCUT2D eigenvalue weighted by Gasteiger charge is 2.15. The summed E-state index contributed by atoms with van der Waals surface area (Å²) in [5, 5.41) is 11.1. The largest absolute Gasteiger partial charge is 0.350 e. The predicted octanol–water partition coefficient (Wildman–Crippen LogP) is 4.40. The van der Waals surface area contributed by atoms with Gasteiger partial charge in [0.2, 0.25) is 5.76 Å². The maximum Gasteiger partial charge on any atom is 0.294 e. The molecule has 2 aromatic carbocycles. The van der Waals surface area contributed by atoms with Crippen molar-refractivity contribution < 1.29 is 9.32 Å². The number of rotatable bonds is 4. The molecule has 0 saturated carbocycles. The second kappa shape index (κ2) is 6.92. The summed E-state index contributed by atoms with van der Waals surface area (Å²) in [6.45, 7) is 3.99. The van der Waals surface area contributed by atoms with E-state index in [0.717, 1.165) is 22.5 Å². The first-order valence-electron chi connectivity index (χ1n) is 8.56. The molecule has 0 spiro atoms. The Morgan fingerprint density at radius 2 is 1.85 bits per heavy atom. The average Bonchev–Trinajstić information content (AvgIpc) is 3.32. The highest BCUT2D eigenvalue weighted by Crippen LogP contribution is 2.21. The maximum atomic E-state index is 12.5. The van der Waals surface area contributed by atoms with E-state index in [1.54, 1.807) is 16.9 Å². The molecule has 0 aliphatic rings. The molecule has 4 rings (SSSR count). The van der Waals surface area contributed by atoms with Crippen LogP contribution >= 0.6 is 0 Å². The lowest BCUT2D eigenvalue weighted by Crippen LogP contribution is -2.11. The van der Waals surface area contributed by atoms with E-state index in [1.165, 1.54) is 0 Å². The molecule has 0 aliphatic carbocycles. The first-order valence-corrected chi connectivity index (χ1v) is 8.56. The SMILES string of the molecule is Cc1ccc(-c2cc(C(=O)Nc3cccc(-n4nccc4C)c3)on2)cc1. The van der Waals surface area contributed by atoms with Crippen molar-refractivity contribution in [2.45, 2.75) is 13.8 Å². The number of amides is 1. The van der Waals surface area contributed by atoms with Gasteiger partial charge in [0, 0.05) is 29.2 Å². The Kier molecular flexibility index (Phi) is 4.30. The van der Waals surface area contributed by atoms with Crippen LogP contribution in [0.15, 0.2) is 71.4 Å². The lowest BCUT2D eigenvalue weighted by molar-refractivity contribution is 0.0988. The summed E-state index contributed by atoms with van der Waals surface area (Å²) in [4.78, 5) is 12.5. The molecular formula is C21H18N4O2. The van der Waals surface area contributed by atoms with E-state index < -0.39 is 0 Å². The Balaban J connectivity index is 1.53. The van der Waals surface area contributed by atoms with Crippen LogP contribution < -0.4 is 5.32 Å². The summed E-state index contributed by atoms with van der Waals surface area (Å²) in [6.07, 6.45) is 1.74. The van der Waals surface area contributed by atoms with Gasteiger partial charge in [-0.05, 0) is 38.1 Å². The van der Waals surface area contributed by atoms with Crippen molar-refractivity contribution in [1.29, 1.82) is 0 Å². The Hall–Kier alpha value is -3.67. The number of carbonyl (C=O) groups excluding carboxylic acids is 1. The molecule has 0 unspecified atom stereocenters. The van der Waals surface area contributed by atoms with Gasteiger partial charge in [-0.25, -0.2) is 4.68 Å². The summed E-state index contributed by atoms with van der Waals surface area (Å²) in [5.41, 5.74) is 5.22. The van der Waals surface area contributed by atoms with Crippen molar-refractivity contribution in [3.05, 3.63) is 83.9 Å². The number of aryl methyl sites for hydroxylation is 2. The van der Waals surface area contributed by atoms with Gasteiger partial charge >= 0.3 is 0 Å². The third kappa shape index (κ3) is 3.50. The molecule has 6 nitrogen and oxygen atoms in total. The fourth-order valence-corrected chi connectivity index (χ4v) is 2.79. The molecule has 27 heavy (non-hydrogen) atoms. The van der Waals surface area contributed by atoms with Gasteiger partial charge in [-0.15, -0.1) is 0 Å². The third-order valence-corrected chi connectivity index (χ3v) is 4.26. The van der Waals surface area contributed by atoms with Crippen LogP contribution in [0, 0.1) is 13.8 Å². The normalized spacial score (nSPS) is 10.7. The second-order valence-electron chi connectivity index (χ2n) is 6.33. The van der Waals surface area contributed by atoms with Crippen LogP contribution in [0.4, 0.5) is 5.69 Å². The molecule has 0 fully saturated rings. The maximum absolute atomic E-state index is 12.5. The zero-order chi connectivity index (χ0) is 18.8. The number of nitrogens with zero attached hydrogens (tertiary/aromatic N) is 3. The van der Waals surface area contributed by atoms with Crippen molar-refractivity contribution in [3.63, 3.8) is 0 Å². The standard InChI is InChI=1S/C21H18N4O2/c1-14-6-8-16(9-7-14)19-13-20(27-24-19)21(26)23-17-4-3-5-18(12-17)25-15(2)10-11-22-25/h3-13H,1-2H3,(H,23,26). The minimum Gasteiger partial charge on any atom is -0.350 e. The Bertz CT molecular complexity index is 1090. The Labute approximate surface area is 156 Å². The molecular weight excluding hydrogens is 340 g/mol. The van der Waals surface area contributed by atoms with E-state index in [4.69, 9.17) is 4.52 Å². The van der Waals surface area contributed by atoms with Crippen LogP contribution in [0.3, 0.4) is 0 Å². The van der Waals surface area contributed by atoms with Gasteiger partial charge in [0.1, 0.15) is 5.69 Å². The number of aromatic nitrogens is 3. The molecule has 0 aliphatic heterocycles. The lowest BCUT2D eigenvalue weighted by Gasteiger charge is -2.07. The Morgan fingerprint density at radius 1 is 1.04 bits per heavy atom. The second-order valence-corrected chi connectivity index (χ2v) is 6.33. The molecule has 134 valence electrons. The van der Waals surface area contributed by atoms with Gasteiger partial charge in [-0.1, -0.05) is 41.1 Å². The van der Waals surface area contributed by atoms with Crippen LogP contribution in [0.25, 0.3) is 16.9 Å². The number of anilines is 1. The van der Waals surface area contributed by atoms with Crippen LogP contribution in [-0.4, -0.2) is 20.8 Å². The quantitative estimate of drug-likeness (QED) is 0.587. The fourth-order valence-electron chi connectivity index (χ4n) is 2.79. The first kappa shape index (κ1) is 16.8. The highest BCUT2D eigenvalue weighted by atomic mass is 16.5. The van der Waals surface area contributed by atoms with Crippen molar-refractivity contribution in [1.82, 2.24) is 14.9 Å². The topological polar surface area (TPSA) is 73.0 Å². The highest BCUT2D eigenvalue weighted by molar-refractivity contribution is 6.02. The average molecular weight is 358 g/mol. The van der Waals surface area contributed by atoms with E-state index in [9.17, 15) is 4.79 Å². The van der Waals surface area contributed by atoms with Gasteiger partial charge in [0.05, 0.1) is 5.69 Å².